The molecule has 9 nitrogen and oxygen atoms in total. The Labute approximate surface area is 151 Å². The molecule has 0 amide bonds. The molecule has 1 aromatic rings. The summed E-state index contributed by atoms with van der Waals surface area (Å²) in [5, 5.41) is 14.5. The zero-order valence-corrected chi connectivity index (χ0v) is 15.2. The van der Waals surface area contributed by atoms with Crippen LogP contribution in [0.4, 0.5) is 5.69 Å². The molecule has 2 heterocycles. The molecule has 2 N–H and O–H groups in total. The van der Waals surface area contributed by atoms with E-state index in [1.165, 1.54) is 6.07 Å². The number of hydrogen-bond acceptors (Lipinski definition) is 7. The minimum Gasteiger partial charge on any atom is -0.486 e. The van der Waals surface area contributed by atoms with E-state index in [0.29, 0.717) is 19.4 Å². The van der Waals surface area contributed by atoms with E-state index >= 15 is 0 Å². The molecule has 1 aromatic carbocycles. The van der Waals surface area contributed by atoms with Gasteiger partial charge in [-0.05, 0) is 26.3 Å². The number of nitro benzene ring substituents is 1. The molecule has 2 atom stereocenters. The standard InChI is InChI=1S/C14H19N3O6S.ClH/c1-9-6-10(2-3-15-9)16-24(20,21)14-8-13-12(22-4-5-23-13)7-11(14)17(18)19;/h7-10,15-16H,2-6H2,1H3;1H. The van der Waals surface area contributed by atoms with E-state index in [4.69, 9.17) is 9.47 Å². The van der Waals surface area contributed by atoms with Crippen LogP contribution in [0.2, 0.25) is 0 Å². The Balaban J connectivity index is 0.00000225. The van der Waals surface area contributed by atoms with Crippen LogP contribution in [0.5, 0.6) is 11.5 Å². The maximum Gasteiger partial charge on any atom is 0.293 e. The van der Waals surface area contributed by atoms with Gasteiger partial charge in [0.2, 0.25) is 10.0 Å². The lowest BCUT2D eigenvalue weighted by molar-refractivity contribution is -0.388. The van der Waals surface area contributed by atoms with Gasteiger partial charge in [0.25, 0.3) is 5.69 Å². The third kappa shape index (κ3) is 4.32. The fourth-order valence-corrected chi connectivity index (χ4v) is 4.39. The average molecular weight is 394 g/mol. The highest BCUT2D eigenvalue weighted by Gasteiger charge is 2.32. The Morgan fingerprint density at radius 2 is 1.92 bits per heavy atom. The molecule has 1 saturated heterocycles. The first-order valence-electron chi connectivity index (χ1n) is 7.70. The summed E-state index contributed by atoms with van der Waals surface area (Å²) in [7, 11) is -4.05. The molecular weight excluding hydrogens is 374 g/mol. The van der Waals surface area contributed by atoms with Crippen molar-refractivity contribution in [1.82, 2.24) is 10.0 Å². The number of nitrogens with zero attached hydrogens (tertiary/aromatic N) is 1. The molecule has 0 saturated carbocycles. The predicted molar refractivity (Wildman–Crippen MR) is 92.1 cm³/mol. The molecule has 25 heavy (non-hydrogen) atoms. The Morgan fingerprint density at radius 1 is 1.28 bits per heavy atom. The van der Waals surface area contributed by atoms with Crippen molar-refractivity contribution in [3.05, 3.63) is 22.2 Å². The molecule has 2 unspecified atom stereocenters. The van der Waals surface area contributed by atoms with E-state index in [1.54, 1.807) is 0 Å². The third-order valence-corrected chi connectivity index (χ3v) is 5.61. The van der Waals surface area contributed by atoms with Gasteiger partial charge in [-0.1, -0.05) is 0 Å². The maximum atomic E-state index is 12.7. The molecule has 0 spiro atoms. The number of piperidine rings is 1. The Bertz CT molecular complexity index is 757. The molecule has 3 rings (SSSR count). The van der Waals surface area contributed by atoms with E-state index in [2.05, 4.69) is 10.0 Å². The summed E-state index contributed by atoms with van der Waals surface area (Å²) in [5.74, 6) is 0.383. The smallest absolute Gasteiger partial charge is 0.293 e. The number of fused-ring (bicyclic) bond motifs is 1. The van der Waals surface area contributed by atoms with Crippen molar-refractivity contribution in [2.24, 2.45) is 0 Å². The highest BCUT2D eigenvalue weighted by Crippen LogP contribution is 2.38. The van der Waals surface area contributed by atoms with E-state index in [0.717, 1.165) is 6.07 Å². The molecule has 1 fully saturated rings. The van der Waals surface area contributed by atoms with Gasteiger partial charge in [0.1, 0.15) is 13.2 Å². The van der Waals surface area contributed by atoms with Crippen LogP contribution in [-0.4, -0.2) is 45.2 Å². The van der Waals surface area contributed by atoms with Crippen molar-refractivity contribution in [2.45, 2.75) is 36.7 Å². The number of nitrogens with one attached hydrogen (secondary N) is 2. The van der Waals surface area contributed by atoms with Gasteiger partial charge in [0, 0.05) is 18.2 Å². The molecule has 11 heteroatoms. The third-order valence-electron chi connectivity index (χ3n) is 4.06. The largest absolute Gasteiger partial charge is 0.486 e. The highest BCUT2D eigenvalue weighted by molar-refractivity contribution is 7.89. The van der Waals surface area contributed by atoms with E-state index in [1.807, 2.05) is 6.92 Å². The number of ether oxygens (including phenoxy) is 2. The van der Waals surface area contributed by atoms with Crippen molar-refractivity contribution in [2.75, 3.05) is 19.8 Å². The summed E-state index contributed by atoms with van der Waals surface area (Å²) in [6.45, 7) is 3.19. The minimum atomic E-state index is -4.05. The van der Waals surface area contributed by atoms with Crippen molar-refractivity contribution < 1.29 is 22.8 Å². The number of nitro groups is 1. The normalized spacial score (nSPS) is 22.8. The van der Waals surface area contributed by atoms with Gasteiger partial charge >= 0.3 is 0 Å². The van der Waals surface area contributed by atoms with Crippen LogP contribution in [0, 0.1) is 10.1 Å². The fourth-order valence-electron chi connectivity index (χ4n) is 2.94. The summed E-state index contributed by atoms with van der Waals surface area (Å²) in [5.41, 5.74) is -0.520. The molecular formula is C14H20ClN3O6S. The first kappa shape index (κ1) is 19.7. The number of rotatable bonds is 4. The topological polar surface area (TPSA) is 120 Å². The lowest BCUT2D eigenvalue weighted by Gasteiger charge is -2.28. The SMILES string of the molecule is CC1CC(NS(=O)(=O)c2cc3c(cc2[N+](=O)[O-])OCCO3)CCN1.Cl. The van der Waals surface area contributed by atoms with Crippen LogP contribution in [0.1, 0.15) is 19.8 Å². The summed E-state index contributed by atoms with van der Waals surface area (Å²) in [6, 6.07) is 2.19. The quantitative estimate of drug-likeness (QED) is 0.582. The fraction of sp³-hybridized carbons (Fsp3) is 0.571. The van der Waals surface area contributed by atoms with Crippen molar-refractivity contribution in [3.63, 3.8) is 0 Å². The summed E-state index contributed by atoms with van der Waals surface area (Å²) >= 11 is 0. The highest BCUT2D eigenvalue weighted by atomic mass is 35.5. The summed E-state index contributed by atoms with van der Waals surface area (Å²) < 4.78 is 38.6. The van der Waals surface area contributed by atoms with Crippen molar-refractivity contribution in [3.8, 4) is 11.5 Å². The predicted octanol–water partition coefficient (Wildman–Crippen LogP) is 1.21. The molecule has 0 bridgehead atoms. The number of benzene rings is 1. The second-order valence-electron chi connectivity index (χ2n) is 5.92. The molecule has 2 aliphatic heterocycles. The first-order chi connectivity index (χ1) is 11.4. The van der Waals surface area contributed by atoms with Crippen LogP contribution in [0.15, 0.2) is 17.0 Å². The molecule has 140 valence electrons. The zero-order chi connectivity index (χ0) is 17.3. The van der Waals surface area contributed by atoms with Gasteiger partial charge in [-0.25, -0.2) is 13.1 Å². The molecule has 2 aliphatic rings. The van der Waals surface area contributed by atoms with Gasteiger partial charge in [0.15, 0.2) is 16.4 Å². The van der Waals surface area contributed by atoms with E-state index in [9.17, 15) is 18.5 Å². The lowest BCUT2D eigenvalue weighted by Crippen LogP contribution is -2.46. The minimum absolute atomic E-state index is 0. The van der Waals surface area contributed by atoms with Crippen LogP contribution in [-0.2, 0) is 10.0 Å². The van der Waals surface area contributed by atoms with Gasteiger partial charge in [-0.2, -0.15) is 0 Å². The van der Waals surface area contributed by atoms with Crippen molar-refractivity contribution in [1.29, 1.82) is 0 Å². The number of halogens is 1. The van der Waals surface area contributed by atoms with Gasteiger partial charge in [0.05, 0.1) is 11.0 Å². The van der Waals surface area contributed by atoms with E-state index in [-0.39, 0.29) is 49.2 Å². The van der Waals surface area contributed by atoms with Gasteiger partial charge in [-0.15, -0.1) is 12.4 Å². The average Bonchev–Trinajstić information content (AvgIpc) is 2.53. The first-order valence-corrected chi connectivity index (χ1v) is 9.19. The van der Waals surface area contributed by atoms with Gasteiger partial charge in [-0.3, -0.25) is 10.1 Å². The maximum absolute atomic E-state index is 12.7. The van der Waals surface area contributed by atoms with Crippen molar-refractivity contribution >= 4 is 28.1 Å². The van der Waals surface area contributed by atoms with Crippen LogP contribution < -0.4 is 19.5 Å². The monoisotopic (exact) mass is 393 g/mol. The zero-order valence-electron chi connectivity index (χ0n) is 13.6. The Kier molecular flexibility index (Phi) is 6.09. The molecule has 0 aliphatic carbocycles. The van der Waals surface area contributed by atoms with Crippen LogP contribution in [0.3, 0.4) is 0 Å². The summed E-state index contributed by atoms with van der Waals surface area (Å²) in [4.78, 5) is 10.2. The number of hydrogen-bond donors (Lipinski definition) is 2. The second-order valence-corrected chi connectivity index (χ2v) is 7.60. The lowest BCUT2D eigenvalue weighted by atomic mass is 10.0. The Hall–Kier alpha value is -1.62. The molecule has 0 aromatic heterocycles. The van der Waals surface area contributed by atoms with E-state index < -0.39 is 25.5 Å². The molecule has 0 radical (unpaired) electrons. The van der Waals surface area contributed by atoms with Crippen LogP contribution in [0.25, 0.3) is 0 Å². The second kappa shape index (κ2) is 7.73. The van der Waals surface area contributed by atoms with Crippen LogP contribution >= 0.6 is 12.4 Å². The number of sulfonamides is 1. The Morgan fingerprint density at radius 3 is 2.52 bits per heavy atom. The summed E-state index contributed by atoms with van der Waals surface area (Å²) in [6.07, 6.45) is 1.25. The van der Waals surface area contributed by atoms with Gasteiger partial charge < -0.3 is 14.8 Å².